The predicted octanol–water partition coefficient (Wildman–Crippen LogP) is -2.32. The molecule has 0 amide bonds. The Balaban J connectivity index is 0. The van der Waals surface area contributed by atoms with Crippen LogP contribution in [-0.4, -0.2) is 22.7 Å². The van der Waals surface area contributed by atoms with E-state index in [4.69, 9.17) is 5.11 Å². The van der Waals surface area contributed by atoms with Crippen molar-refractivity contribution in [2.24, 2.45) is 0 Å². The minimum atomic E-state index is -0.907. The molecule has 0 aliphatic heterocycles. The third-order valence-corrected chi connectivity index (χ3v) is 1.58. The fourth-order valence-corrected chi connectivity index (χ4v) is 0.964. The molecule has 3 N–H and O–H groups in total. The van der Waals surface area contributed by atoms with Gasteiger partial charge in [-0.25, -0.2) is 0 Å². The smallest absolute Gasteiger partial charge is 1.00 e. The zero-order chi connectivity index (χ0) is 9.68. The number of aliphatic carboxylic acids is 1. The van der Waals surface area contributed by atoms with Gasteiger partial charge < -0.3 is 17.0 Å². The number of carboxylic acid groups (broad SMARTS) is 1. The third-order valence-electron chi connectivity index (χ3n) is 1.58. The summed E-state index contributed by atoms with van der Waals surface area (Å²) in [4.78, 5) is 10.1. The molecule has 0 aliphatic carbocycles. The molecule has 0 radical (unpaired) electrons. The Hall–Kier alpha value is -0.550. The number of para-hydroxylation sites is 1. The van der Waals surface area contributed by atoms with Gasteiger partial charge in [-0.15, -0.1) is 0 Å². The number of carboxylic acids is 1. The van der Waals surface area contributed by atoms with Gasteiger partial charge in [0.2, 0.25) is 0 Å². The maximum absolute atomic E-state index is 10.1. The van der Waals surface area contributed by atoms with Gasteiger partial charge in [-0.2, -0.15) is 0 Å². The van der Waals surface area contributed by atoms with Crippen molar-refractivity contribution in [1.29, 1.82) is 0 Å². The van der Waals surface area contributed by atoms with Crippen LogP contribution in [0.2, 0.25) is 0 Å². The molecule has 0 spiro atoms. The van der Waals surface area contributed by atoms with Crippen LogP contribution < -0.4 is 34.9 Å². The van der Waals surface area contributed by atoms with Gasteiger partial charge in [0, 0.05) is 12.1 Å². The third kappa shape index (κ3) is 4.62. The number of nitrogens with one attached hydrogen (secondary N) is 1. The summed E-state index contributed by atoms with van der Waals surface area (Å²) in [7, 11) is 0. The van der Waals surface area contributed by atoms with Gasteiger partial charge in [-0.3, -0.25) is 4.79 Å². The SMILES string of the molecule is O=C(O)CNCc1ccccc1O.[H-].[Na+]. The number of aromatic hydroxyl groups is 1. The summed E-state index contributed by atoms with van der Waals surface area (Å²) in [5.41, 5.74) is 0.698. The molecule has 0 bridgehead atoms. The van der Waals surface area contributed by atoms with Crippen molar-refractivity contribution in [1.82, 2.24) is 5.32 Å². The van der Waals surface area contributed by atoms with Crippen molar-refractivity contribution in [3.05, 3.63) is 29.8 Å². The summed E-state index contributed by atoms with van der Waals surface area (Å²) in [5, 5.41) is 20.3. The van der Waals surface area contributed by atoms with Gasteiger partial charge >= 0.3 is 35.5 Å². The molecule has 5 heteroatoms. The first-order chi connectivity index (χ1) is 6.20. The van der Waals surface area contributed by atoms with E-state index in [0.717, 1.165) is 0 Å². The van der Waals surface area contributed by atoms with E-state index in [-0.39, 0.29) is 43.3 Å². The summed E-state index contributed by atoms with van der Waals surface area (Å²) in [6.07, 6.45) is 0. The maximum atomic E-state index is 10.1. The average Bonchev–Trinajstić information content (AvgIpc) is 2.08. The fourth-order valence-electron chi connectivity index (χ4n) is 0.964. The van der Waals surface area contributed by atoms with Crippen molar-refractivity contribution in [3.63, 3.8) is 0 Å². The second-order valence-electron chi connectivity index (χ2n) is 2.63. The van der Waals surface area contributed by atoms with E-state index in [1.807, 2.05) is 0 Å². The van der Waals surface area contributed by atoms with E-state index in [1.165, 1.54) is 0 Å². The van der Waals surface area contributed by atoms with Crippen LogP contribution in [0.25, 0.3) is 0 Å². The minimum absolute atomic E-state index is 0. The first-order valence-corrected chi connectivity index (χ1v) is 3.89. The van der Waals surface area contributed by atoms with Crippen molar-refractivity contribution < 1.29 is 46.0 Å². The topological polar surface area (TPSA) is 69.6 Å². The first kappa shape index (κ1) is 13.4. The Morgan fingerprint density at radius 1 is 1.43 bits per heavy atom. The van der Waals surface area contributed by atoms with Crippen LogP contribution in [0.1, 0.15) is 6.99 Å². The number of rotatable bonds is 4. The molecule has 0 saturated carbocycles. The van der Waals surface area contributed by atoms with Crippen LogP contribution in [0, 0.1) is 0 Å². The molecule has 0 aliphatic rings. The molecular formula is C9H12NNaO3. The Morgan fingerprint density at radius 2 is 2.07 bits per heavy atom. The van der Waals surface area contributed by atoms with Crippen LogP contribution in [0.15, 0.2) is 24.3 Å². The first-order valence-electron chi connectivity index (χ1n) is 3.89. The summed E-state index contributed by atoms with van der Waals surface area (Å²) < 4.78 is 0. The van der Waals surface area contributed by atoms with Crippen LogP contribution >= 0.6 is 0 Å². The molecule has 1 rings (SSSR count). The predicted molar refractivity (Wildman–Crippen MR) is 48.6 cm³/mol. The standard InChI is InChI=1S/C9H11NO3.Na.H/c11-8-4-2-1-3-7(8)5-10-6-9(12)13;;/h1-4,10-11H,5-6H2,(H,12,13);;/q;+1;-1. The number of hydrogen-bond acceptors (Lipinski definition) is 3. The second kappa shape index (κ2) is 6.84. The van der Waals surface area contributed by atoms with Crippen LogP contribution in [0.5, 0.6) is 5.75 Å². The van der Waals surface area contributed by atoms with Gasteiger partial charge in [0.15, 0.2) is 0 Å². The molecule has 0 heterocycles. The number of phenolic OH excluding ortho intramolecular Hbond substituents is 1. The number of carbonyl (C=O) groups is 1. The van der Waals surface area contributed by atoms with Crippen LogP contribution in [0.3, 0.4) is 0 Å². The van der Waals surface area contributed by atoms with E-state index in [1.54, 1.807) is 24.3 Å². The Bertz CT molecular complexity index is 309. The van der Waals surface area contributed by atoms with Crippen molar-refractivity contribution in [3.8, 4) is 5.75 Å². The van der Waals surface area contributed by atoms with E-state index in [0.29, 0.717) is 12.1 Å². The van der Waals surface area contributed by atoms with Gasteiger partial charge in [0.25, 0.3) is 0 Å². The van der Waals surface area contributed by atoms with Gasteiger partial charge in [0.1, 0.15) is 5.75 Å². The normalized spacial score (nSPS) is 9.14. The maximum Gasteiger partial charge on any atom is 1.00 e. The van der Waals surface area contributed by atoms with Gasteiger partial charge in [0.05, 0.1) is 6.54 Å². The summed E-state index contributed by atoms with van der Waals surface area (Å²) in [5.74, 6) is -0.726. The van der Waals surface area contributed by atoms with E-state index >= 15 is 0 Å². The molecule has 1 aromatic carbocycles. The molecule has 0 atom stereocenters. The Kier molecular flexibility index (Phi) is 6.57. The average molecular weight is 205 g/mol. The summed E-state index contributed by atoms with van der Waals surface area (Å²) >= 11 is 0. The molecule has 0 aromatic heterocycles. The van der Waals surface area contributed by atoms with Gasteiger partial charge in [-0.05, 0) is 6.07 Å². The molecular weight excluding hydrogens is 193 g/mol. The quantitative estimate of drug-likeness (QED) is 0.483. The van der Waals surface area contributed by atoms with Gasteiger partial charge in [-0.1, -0.05) is 18.2 Å². The molecule has 1 aromatic rings. The molecule has 0 unspecified atom stereocenters. The van der Waals surface area contributed by atoms with Crippen molar-refractivity contribution in [2.45, 2.75) is 6.54 Å². The summed E-state index contributed by atoms with van der Waals surface area (Å²) in [6, 6.07) is 6.81. The van der Waals surface area contributed by atoms with E-state index in [9.17, 15) is 9.90 Å². The number of hydrogen-bond donors (Lipinski definition) is 3. The van der Waals surface area contributed by atoms with E-state index in [2.05, 4.69) is 5.32 Å². The van der Waals surface area contributed by atoms with E-state index < -0.39 is 5.97 Å². The molecule has 0 fully saturated rings. The molecule has 0 saturated heterocycles. The molecule has 4 nitrogen and oxygen atoms in total. The van der Waals surface area contributed by atoms with Crippen molar-refractivity contribution in [2.75, 3.05) is 6.54 Å². The van der Waals surface area contributed by atoms with Crippen LogP contribution in [-0.2, 0) is 11.3 Å². The Labute approximate surface area is 106 Å². The molecule has 72 valence electrons. The number of benzene rings is 1. The summed E-state index contributed by atoms with van der Waals surface area (Å²) in [6.45, 7) is 0.257. The molecule has 14 heavy (non-hydrogen) atoms. The largest absolute Gasteiger partial charge is 1.00 e. The monoisotopic (exact) mass is 205 g/mol. The minimum Gasteiger partial charge on any atom is -1.00 e. The van der Waals surface area contributed by atoms with Crippen molar-refractivity contribution >= 4 is 5.97 Å². The zero-order valence-corrected chi connectivity index (χ0v) is 10.0. The number of phenols is 1. The second-order valence-corrected chi connectivity index (χ2v) is 2.63. The Morgan fingerprint density at radius 3 is 2.64 bits per heavy atom. The van der Waals surface area contributed by atoms with Crippen LogP contribution in [0.4, 0.5) is 0 Å². The fraction of sp³-hybridized carbons (Fsp3) is 0.222. The zero-order valence-electron chi connectivity index (χ0n) is 9.03.